The fraction of sp³-hybridized carbons (Fsp3) is 0.750. The molecule has 2 heterocycles. The van der Waals surface area contributed by atoms with Crippen molar-refractivity contribution in [1.82, 2.24) is 25.3 Å². The van der Waals surface area contributed by atoms with E-state index in [1.54, 1.807) is 0 Å². The fourth-order valence-corrected chi connectivity index (χ4v) is 3.52. The number of rotatable bonds is 8. The summed E-state index contributed by atoms with van der Waals surface area (Å²) in [7, 11) is 0. The molecular formula is C20H37IN6O. The summed E-state index contributed by atoms with van der Waals surface area (Å²) in [6.45, 7) is 13.2. The molecule has 0 aromatic carbocycles. The molecule has 160 valence electrons. The zero-order valence-corrected chi connectivity index (χ0v) is 20.2. The highest BCUT2D eigenvalue weighted by atomic mass is 127. The molecule has 0 aliphatic carbocycles. The van der Waals surface area contributed by atoms with Gasteiger partial charge in [-0.3, -0.25) is 14.5 Å². The summed E-state index contributed by atoms with van der Waals surface area (Å²) < 4.78 is 2.03. The van der Waals surface area contributed by atoms with E-state index < -0.39 is 0 Å². The van der Waals surface area contributed by atoms with Crippen LogP contribution in [0.5, 0.6) is 0 Å². The minimum atomic E-state index is 0. The number of nitrogens with zero attached hydrogens (tertiary/aromatic N) is 4. The van der Waals surface area contributed by atoms with Gasteiger partial charge in [0.05, 0.1) is 5.69 Å². The Bertz CT molecular complexity index is 630. The van der Waals surface area contributed by atoms with Crippen molar-refractivity contribution in [3.8, 4) is 0 Å². The number of amides is 1. The van der Waals surface area contributed by atoms with Gasteiger partial charge in [-0.2, -0.15) is 5.10 Å². The Morgan fingerprint density at radius 1 is 1.36 bits per heavy atom. The molecule has 0 spiro atoms. The Balaban J connectivity index is 0.00000392. The number of aryl methyl sites for hydroxylation is 3. The van der Waals surface area contributed by atoms with Gasteiger partial charge in [0.25, 0.3) is 0 Å². The standard InChI is InChI=1S/C20H36N6O.HI/c1-5-21-20(22-10-7-13-26-18(4)14-17(3)24-26)23-11-9-19(27)25-12-6-8-16(2)15-25;/h14,16H,5-13,15H2,1-4H3,(H2,21,22,23);1H. The number of aliphatic imine (C=N–C) groups is 1. The van der Waals surface area contributed by atoms with Gasteiger partial charge in [-0.1, -0.05) is 6.92 Å². The molecular weight excluding hydrogens is 467 g/mol. The molecule has 2 N–H and O–H groups in total. The molecule has 1 aromatic heterocycles. The highest BCUT2D eigenvalue weighted by molar-refractivity contribution is 14.0. The molecule has 1 aliphatic heterocycles. The largest absolute Gasteiger partial charge is 0.357 e. The third-order valence-electron chi connectivity index (χ3n) is 4.89. The number of aromatic nitrogens is 2. The lowest BCUT2D eigenvalue weighted by atomic mass is 10.00. The number of piperidine rings is 1. The van der Waals surface area contributed by atoms with Gasteiger partial charge in [-0.25, -0.2) is 0 Å². The summed E-state index contributed by atoms with van der Waals surface area (Å²) in [4.78, 5) is 19.0. The van der Waals surface area contributed by atoms with E-state index in [-0.39, 0.29) is 29.9 Å². The fourth-order valence-electron chi connectivity index (χ4n) is 3.52. The van der Waals surface area contributed by atoms with Gasteiger partial charge in [-0.05, 0) is 52.0 Å². The van der Waals surface area contributed by atoms with Gasteiger partial charge in [0, 0.05) is 51.4 Å². The molecule has 1 saturated heterocycles. The van der Waals surface area contributed by atoms with Crippen molar-refractivity contribution < 1.29 is 4.79 Å². The molecule has 28 heavy (non-hydrogen) atoms. The second-order valence-electron chi connectivity index (χ2n) is 7.53. The average Bonchev–Trinajstić information content (AvgIpc) is 2.95. The van der Waals surface area contributed by atoms with Crippen LogP contribution < -0.4 is 10.6 Å². The zero-order chi connectivity index (χ0) is 19.6. The van der Waals surface area contributed by atoms with Crippen LogP contribution in [0, 0.1) is 19.8 Å². The minimum absolute atomic E-state index is 0. The van der Waals surface area contributed by atoms with Gasteiger partial charge in [0.2, 0.25) is 5.91 Å². The van der Waals surface area contributed by atoms with E-state index in [9.17, 15) is 4.79 Å². The number of guanidine groups is 1. The van der Waals surface area contributed by atoms with Crippen LogP contribution in [-0.4, -0.2) is 59.3 Å². The second kappa shape index (κ2) is 13.0. The SMILES string of the molecule is CCNC(=NCCCn1nc(C)cc1C)NCCC(=O)N1CCCC(C)C1.I. The van der Waals surface area contributed by atoms with Crippen LogP contribution in [0.1, 0.15) is 50.9 Å². The molecule has 7 nitrogen and oxygen atoms in total. The minimum Gasteiger partial charge on any atom is -0.357 e. The Morgan fingerprint density at radius 3 is 2.79 bits per heavy atom. The van der Waals surface area contributed by atoms with Crippen LogP contribution in [0.3, 0.4) is 0 Å². The summed E-state index contributed by atoms with van der Waals surface area (Å²) in [5, 5.41) is 11.0. The summed E-state index contributed by atoms with van der Waals surface area (Å²) in [6.07, 6.45) is 3.81. The molecule has 1 aliphatic rings. The number of hydrogen-bond donors (Lipinski definition) is 2. The molecule has 1 unspecified atom stereocenters. The van der Waals surface area contributed by atoms with E-state index in [2.05, 4.69) is 40.6 Å². The number of nitrogens with one attached hydrogen (secondary N) is 2. The molecule has 0 saturated carbocycles. The molecule has 0 bridgehead atoms. The Hall–Kier alpha value is -1.32. The molecule has 1 fully saturated rings. The summed E-state index contributed by atoms with van der Waals surface area (Å²) in [6, 6.07) is 2.09. The van der Waals surface area contributed by atoms with Crippen molar-refractivity contribution in [3.63, 3.8) is 0 Å². The van der Waals surface area contributed by atoms with Gasteiger partial charge in [-0.15, -0.1) is 24.0 Å². The number of carbonyl (C=O) groups excluding carboxylic acids is 1. The number of hydrogen-bond acceptors (Lipinski definition) is 3. The Kier molecular flexibility index (Phi) is 11.5. The quantitative estimate of drug-likeness (QED) is 0.247. The molecule has 0 radical (unpaired) electrons. The number of carbonyl (C=O) groups is 1. The van der Waals surface area contributed by atoms with Gasteiger partial charge in [0.1, 0.15) is 0 Å². The lowest BCUT2D eigenvalue weighted by Gasteiger charge is -2.31. The first kappa shape index (κ1) is 24.7. The van der Waals surface area contributed by atoms with E-state index in [0.29, 0.717) is 18.9 Å². The molecule has 2 rings (SSSR count). The van der Waals surface area contributed by atoms with Crippen LogP contribution in [0.15, 0.2) is 11.1 Å². The second-order valence-corrected chi connectivity index (χ2v) is 7.53. The highest BCUT2D eigenvalue weighted by Gasteiger charge is 2.20. The third kappa shape index (κ3) is 8.36. The molecule has 8 heteroatoms. The first-order valence-corrected chi connectivity index (χ1v) is 10.3. The van der Waals surface area contributed by atoms with E-state index in [4.69, 9.17) is 0 Å². The van der Waals surface area contributed by atoms with Crippen molar-refractivity contribution in [1.29, 1.82) is 0 Å². The predicted octanol–water partition coefficient (Wildman–Crippen LogP) is 2.71. The lowest BCUT2D eigenvalue weighted by molar-refractivity contribution is -0.132. The van der Waals surface area contributed by atoms with E-state index in [1.807, 2.05) is 23.4 Å². The van der Waals surface area contributed by atoms with Crippen molar-refractivity contribution in [3.05, 3.63) is 17.5 Å². The molecule has 1 amide bonds. The maximum Gasteiger partial charge on any atom is 0.224 e. The van der Waals surface area contributed by atoms with Gasteiger partial charge < -0.3 is 15.5 Å². The van der Waals surface area contributed by atoms with Crippen LogP contribution in [0.4, 0.5) is 0 Å². The van der Waals surface area contributed by atoms with Crippen molar-refractivity contribution in [2.45, 2.75) is 59.9 Å². The third-order valence-corrected chi connectivity index (χ3v) is 4.89. The zero-order valence-electron chi connectivity index (χ0n) is 17.8. The van der Waals surface area contributed by atoms with Crippen LogP contribution in [0.2, 0.25) is 0 Å². The van der Waals surface area contributed by atoms with Crippen molar-refractivity contribution >= 4 is 35.8 Å². The van der Waals surface area contributed by atoms with E-state index in [1.165, 1.54) is 12.1 Å². The maximum absolute atomic E-state index is 12.4. The predicted molar refractivity (Wildman–Crippen MR) is 125 cm³/mol. The van der Waals surface area contributed by atoms with Crippen LogP contribution >= 0.6 is 24.0 Å². The normalized spacial score (nSPS) is 17.2. The Morgan fingerprint density at radius 2 is 2.14 bits per heavy atom. The molecule has 1 atom stereocenters. The smallest absolute Gasteiger partial charge is 0.224 e. The van der Waals surface area contributed by atoms with Crippen LogP contribution in [-0.2, 0) is 11.3 Å². The number of halogens is 1. The van der Waals surface area contributed by atoms with Crippen molar-refractivity contribution in [2.24, 2.45) is 10.9 Å². The summed E-state index contributed by atoms with van der Waals surface area (Å²) >= 11 is 0. The van der Waals surface area contributed by atoms with Gasteiger partial charge >= 0.3 is 0 Å². The summed E-state index contributed by atoms with van der Waals surface area (Å²) in [5.41, 5.74) is 2.24. The van der Waals surface area contributed by atoms with Gasteiger partial charge in [0.15, 0.2) is 5.96 Å². The number of likely N-dealkylation sites (tertiary alicyclic amines) is 1. The topological polar surface area (TPSA) is 74.5 Å². The van der Waals surface area contributed by atoms with E-state index >= 15 is 0 Å². The average molecular weight is 504 g/mol. The monoisotopic (exact) mass is 504 g/mol. The lowest BCUT2D eigenvalue weighted by Crippen LogP contribution is -2.42. The van der Waals surface area contributed by atoms with Crippen molar-refractivity contribution in [2.75, 3.05) is 32.7 Å². The Labute approximate surface area is 186 Å². The first-order chi connectivity index (χ1) is 13.0. The first-order valence-electron chi connectivity index (χ1n) is 10.3. The van der Waals surface area contributed by atoms with E-state index in [0.717, 1.165) is 57.2 Å². The maximum atomic E-state index is 12.4. The van der Waals surface area contributed by atoms with Crippen LogP contribution in [0.25, 0.3) is 0 Å². The highest BCUT2D eigenvalue weighted by Crippen LogP contribution is 2.15. The summed E-state index contributed by atoms with van der Waals surface area (Å²) in [5.74, 6) is 1.65. The molecule has 1 aromatic rings.